The summed E-state index contributed by atoms with van der Waals surface area (Å²) in [6, 6.07) is 0.573. The molecule has 2 saturated heterocycles. The topological polar surface area (TPSA) is 41.6 Å². The second kappa shape index (κ2) is 3.37. The van der Waals surface area contributed by atoms with Gasteiger partial charge in [0, 0.05) is 19.2 Å². The van der Waals surface area contributed by atoms with Crippen LogP contribution in [0.25, 0.3) is 0 Å². The zero-order chi connectivity index (χ0) is 10.3. The lowest BCUT2D eigenvalue weighted by molar-refractivity contribution is 0.0152. The summed E-state index contributed by atoms with van der Waals surface area (Å²) in [6.45, 7) is 2.53. The quantitative estimate of drug-likeness (QED) is 0.704. The van der Waals surface area contributed by atoms with Gasteiger partial charge in [-0.2, -0.15) is 0 Å². The molecular weight excluding hydrogens is 192 g/mol. The zero-order valence-corrected chi connectivity index (χ0v) is 9.00. The lowest BCUT2D eigenvalue weighted by Gasteiger charge is -2.23. The molecular formula is C11H18N2O2. The van der Waals surface area contributed by atoms with Gasteiger partial charge in [0.05, 0.1) is 12.1 Å². The molecule has 3 aliphatic rings. The molecule has 1 aliphatic carbocycles. The van der Waals surface area contributed by atoms with Crippen LogP contribution < -0.4 is 5.32 Å². The highest BCUT2D eigenvalue weighted by Crippen LogP contribution is 2.34. The fourth-order valence-electron chi connectivity index (χ4n) is 2.59. The number of nitrogens with zero attached hydrogens (tertiary/aromatic N) is 1. The first-order valence-corrected chi connectivity index (χ1v) is 5.97. The third-order valence-corrected chi connectivity index (χ3v) is 3.69. The third-order valence-electron chi connectivity index (χ3n) is 3.69. The summed E-state index contributed by atoms with van der Waals surface area (Å²) in [5, 5.41) is 3.03. The van der Waals surface area contributed by atoms with Crippen molar-refractivity contribution < 1.29 is 9.53 Å². The van der Waals surface area contributed by atoms with Crippen LogP contribution in [0.3, 0.4) is 0 Å². The Morgan fingerprint density at radius 3 is 2.93 bits per heavy atom. The molecule has 0 aromatic carbocycles. The van der Waals surface area contributed by atoms with E-state index in [1.54, 1.807) is 0 Å². The lowest BCUT2D eigenvalue weighted by Crippen LogP contribution is -2.42. The van der Waals surface area contributed by atoms with Crippen LogP contribution in [-0.4, -0.2) is 42.3 Å². The van der Waals surface area contributed by atoms with Crippen molar-refractivity contribution in [2.24, 2.45) is 0 Å². The van der Waals surface area contributed by atoms with Gasteiger partial charge >= 0.3 is 6.03 Å². The molecule has 2 heterocycles. The minimum atomic E-state index is 0.0148. The van der Waals surface area contributed by atoms with Gasteiger partial charge in [-0.25, -0.2) is 4.79 Å². The van der Waals surface area contributed by atoms with Gasteiger partial charge in [-0.05, 0) is 32.1 Å². The number of hydrogen-bond donors (Lipinski definition) is 1. The predicted molar refractivity (Wildman–Crippen MR) is 55.7 cm³/mol. The van der Waals surface area contributed by atoms with Gasteiger partial charge in [0.25, 0.3) is 0 Å². The highest BCUT2D eigenvalue weighted by atomic mass is 16.5. The number of carbonyl (C=O) groups is 1. The lowest BCUT2D eigenvalue weighted by atomic mass is 10.00. The van der Waals surface area contributed by atoms with E-state index in [-0.39, 0.29) is 11.6 Å². The molecule has 2 aliphatic heterocycles. The summed E-state index contributed by atoms with van der Waals surface area (Å²) in [6.07, 6.45) is 5.60. The van der Waals surface area contributed by atoms with Crippen molar-refractivity contribution in [1.82, 2.24) is 10.2 Å². The fraction of sp³-hybridized carbons (Fsp3) is 0.909. The first-order chi connectivity index (χ1) is 7.27. The number of amides is 2. The van der Waals surface area contributed by atoms with E-state index in [1.165, 1.54) is 0 Å². The Morgan fingerprint density at radius 1 is 1.40 bits per heavy atom. The predicted octanol–water partition coefficient (Wildman–Crippen LogP) is 1.11. The largest absolute Gasteiger partial charge is 0.373 e. The van der Waals surface area contributed by atoms with E-state index in [4.69, 9.17) is 4.74 Å². The molecule has 0 aromatic heterocycles. The number of nitrogens with one attached hydrogen (secondary N) is 1. The third kappa shape index (κ3) is 1.83. The van der Waals surface area contributed by atoms with Crippen LogP contribution in [-0.2, 0) is 4.74 Å². The molecule has 2 amide bonds. The van der Waals surface area contributed by atoms with Crippen molar-refractivity contribution in [2.75, 3.05) is 19.7 Å². The van der Waals surface area contributed by atoms with E-state index in [9.17, 15) is 4.79 Å². The maximum atomic E-state index is 11.8. The minimum absolute atomic E-state index is 0.0148. The van der Waals surface area contributed by atoms with Gasteiger partial charge in [0.15, 0.2) is 0 Å². The van der Waals surface area contributed by atoms with Crippen LogP contribution in [0.2, 0.25) is 0 Å². The molecule has 1 unspecified atom stereocenters. The summed E-state index contributed by atoms with van der Waals surface area (Å²) in [7, 11) is 0. The van der Waals surface area contributed by atoms with Crippen molar-refractivity contribution in [3.63, 3.8) is 0 Å². The Bertz CT molecular complexity index is 270. The number of urea groups is 1. The Balaban J connectivity index is 1.57. The Labute approximate surface area is 90.0 Å². The second-order valence-electron chi connectivity index (χ2n) is 5.03. The van der Waals surface area contributed by atoms with Crippen molar-refractivity contribution in [3.05, 3.63) is 0 Å². The highest BCUT2D eigenvalue weighted by molar-refractivity contribution is 5.75. The molecule has 4 heteroatoms. The van der Waals surface area contributed by atoms with Crippen molar-refractivity contribution in [2.45, 2.75) is 43.7 Å². The van der Waals surface area contributed by atoms with Gasteiger partial charge in [0.1, 0.15) is 0 Å². The molecule has 1 N–H and O–H groups in total. The van der Waals surface area contributed by atoms with E-state index in [2.05, 4.69) is 5.32 Å². The molecule has 15 heavy (non-hydrogen) atoms. The van der Waals surface area contributed by atoms with Crippen molar-refractivity contribution >= 4 is 6.03 Å². The number of ether oxygens (including phenoxy) is 1. The van der Waals surface area contributed by atoms with Crippen LogP contribution in [0.15, 0.2) is 0 Å². The van der Waals surface area contributed by atoms with Crippen molar-refractivity contribution in [1.29, 1.82) is 0 Å². The molecule has 0 aromatic rings. The smallest absolute Gasteiger partial charge is 0.317 e. The summed E-state index contributed by atoms with van der Waals surface area (Å²) < 4.78 is 5.78. The van der Waals surface area contributed by atoms with Crippen LogP contribution in [0.1, 0.15) is 32.1 Å². The maximum Gasteiger partial charge on any atom is 0.317 e. The van der Waals surface area contributed by atoms with Gasteiger partial charge in [0.2, 0.25) is 0 Å². The highest BCUT2D eigenvalue weighted by Gasteiger charge is 2.43. The molecule has 84 valence electrons. The first-order valence-electron chi connectivity index (χ1n) is 5.97. The Kier molecular flexibility index (Phi) is 2.12. The van der Waals surface area contributed by atoms with E-state index < -0.39 is 0 Å². The van der Waals surface area contributed by atoms with E-state index in [1.807, 2.05) is 4.90 Å². The molecule has 0 bridgehead atoms. The monoisotopic (exact) mass is 210 g/mol. The molecule has 3 rings (SSSR count). The summed E-state index contributed by atoms with van der Waals surface area (Å²) in [5.41, 5.74) is 0.0148. The van der Waals surface area contributed by atoms with E-state index in [0.29, 0.717) is 6.04 Å². The number of hydrogen-bond acceptors (Lipinski definition) is 2. The van der Waals surface area contributed by atoms with E-state index >= 15 is 0 Å². The molecule has 3 fully saturated rings. The first kappa shape index (κ1) is 9.46. The molecule has 1 atom stereocenters. The molecule has 1 saturated carbocycles. The van der Waals surface area contributed by atoms with Crippen molar-refractivity contribution in [3.8, 4) is 0 Å². The fourth-order valence-corrected chi connectivity index (χ4v) is 2.59. The van der Waals surface area contributed by atoms with E-state index in [0.717, 1.165) is 51.8 Å². The van der Waals surface area contributed by atoms with Gasteiger partial charge in [-0.3, -0.25) is 0 Å². The standard InChI is InChI=1S/C11H18N2O2/c14-10(12-9-2-3-9)13-6-5-11(8-13)4-1-7-15-11/h9H,1-8H2,(H,12,14). The molecule has 1 spiro atoms. The second-order valence-corrected chi connectivity index (χ2v) is 5.03. The van der Waals surface area contributed by atoms with Crippen LogP contribution in [0.5, 0.6) is 0 Å². The summed E-state index contributed by atoms with van der Waals surface area (Å²) >= 11 is 0. The van der Waals surface area contributed by atoms with Crippen LogP contribution in [0.4, 0.5) is 4.79 Å². The average molecular weight is 210 g/mol. The Hall–Kier alpha value is -0.770. The number of rotatable bonds is 1. The number of likely N-dealkylation sites (tertiary alicyclic amines) is 1. The number of carbonyl (C=O) groups excluding carboxylic acids is 1. The normalized spacial score (nSPS) is 35.1. The maximum absolute atomic E-state index is 11.8. The van der Waals surface area contributed by atoms with Gasteiger partial charge < -0.3 is 15.0 Å². The summed E-state index contributed by atoms with van der Waals surface area (Å²) in [4.78, 5) is 13.7. The van der Waals surface area contributed by atoms with Crippen LogP contribution >= 0.6 is 0 Å². The molecule has 0 radical (unpaired) electrons. The van der Waals surface area contributed by atoms with Crippen LogP contribution in [0, 0.1) is 0 Å². The minimum Gasteiger partial charge on any atom is -0.373 e. The summed E-state index contributed by atoms with van der Waals surface area (Å²) in [5.74, 6) is 0. The average Bonchev–Trinajstić information content (AvgIpc) is 2.81. The van der Waals surface area contributed by atoms with Gasteiger partial charge in [-0.15, -0.1) is 0 Å². The SMILES string of the molecule is O=C(NC1CC1)N1CCC2(CCCO2)C1. The molecule has 4 nitrogen and oxygen atoms in total. The van der Waals surface area contributed by atoms with Gasteiger partial charge in [-0.1, -0.05) is 0 Å². The Morgan fingerprint density at radius 2 is 2.27 bits per heavy atom. The zero-order valence-electron chi connectivity index (χ0n) is 9.00.